The molecular weight excluding hydrogens is 560 g/mol. The summed E-state index contributed by atoms with van der Waals surface area (Å²) in [6, 6.07) is 40.0. The van der Waals surface area contributed by atoms with Gasteiger partial charge in [-0.25, -0.2) is 0 Å². The standard InChI is InChI=1S/C38H26N4O3/c1-3-29-33(4-2)43-34-14-8-5-11-30(34)41(29)27-21-17-25(18-22-27)37-39-40-38(45-37)26-19-23-28(24-20-26)42-31-12-6-9-15-35(31)44-36-16-10-7-13-32(36)42/h3-24H,1-2H2. The van der Waals surface area contributed by atoms with E-state index in [9.17, 15) is 0 Å². The number of nitrogens with zero attached hydrogens (tertiary/aromatic N) is 4. The third kappa shape index (κ3) is 4.46. The lowest BCUT2D eigenvalue weighted by Crippen LogP contribution is -2.22. The van der Waals surface area contributed by atoms with Gasteiger partial charge >= 0.3 is 0 Å². The number of para-hydroxylation sites is 6. The molecule has 0 saturated carbocycles. The smallest absolute Gasteiger partial charge is 0.248 e. The molecule has 0 N–H and O–H groups in total. The molecule has 7 heteroatoms. The highest BCUT2D eigenvalue weighted by atomic mass is 16.5. The van der Waals surface area contributed by atoms with Crippen LogP contribution < -0.4 is 19.3 Å². The normalized spacial score (nSPS) is 13.2. The van der Waals surface area contributed by atoms with E-state index in [-0.39, 0.29) is 0 Å². The van der Waals surface area contributed by atoms with Crippen LogP contribution in [0, 0.1) is 0 Å². The minimum atomic E-state index is 0.435. The first kappa shape index (κ1) is 26.3. The third-order valence-electron chi connectivity index (χ3n) is 7.80. The minimum absolute atomic E-state index is 0.435. The van der Waals surface area contributed by atoms with E-state index in [2.05, 4.69) is 57.4 Å². The van der Waals surface area contributed by atoms with Crippen molar-refractivity contribution in [3.05, 3.63) is 158 Å². The topological polar surface area (TPSA) is 63.9 Å². The van der Waals surface area contributed by atoms with Gasteiger partial charge in [-0.3, -0.25) is 0 Å². The second-order valence-corrected chi connectivity index (χ2v) is 10.4. The van der Waals surface area contributed by atoms with Crippen molar-refractivity contribution in [1.82, 2.24) is 10.2 Å². The number of hydrogen-bond acceptors (Lipinski definition) is 7. The van der Waals surface area contributed by atoms with Gasteiger partial charge < -0.3 is 23.7 Å². The van der Waals surface area contributed by atoms with Gasteiger partial charge in [-0.2, -0.15) is 0 Å². The average molecular weight is 587 g/mol. The summed E-state index contributed by atoms with van der Waals surface area (Å²) in [5, 5.41) is 8.71. The molecule has 7 nitrogen and oxygen atoms in total. The predicted octanol–water partition coefficient (Wildman–Crippen LogP) is 10.1. The van der Waals surface area contributed by atoms with E-state index in [0.717, 1.165) is 62.5 Å². The summed E-state index contributed by atoms with van der Waals surface area (Å²) in [4.78, 5) is 4.29. The molecule has 0 atom stereocenters. The highest BCUT2D eigenvalue weighted by Crippen LogP contribution is 2.50. The fraction of sp³-hybridized carbons (Fsp3) is 0. The third-order valence-corrected chi connectivity index (χ3v) is 7.80. The van der Waals surface area contributed by atoms with Crippen LogP contribution in [0.5, 0.6) is 17.2 Å². The number of ether oxygens (including phenoxy) is 2. The Kier molecular flexibility index (Phi) is 6.27. The number of rotatable bonds is 6. The highest BCUT2D eigenvalue weighted by Gasteiger charge is 2.27. The summed E-state index contributed by atoms with van der Waals surface area (Å²) < 4.78 is 18.3. The van der Waals surface area contributed by atoms with Crippen LogP contribution in [0.1, 0.15) is 0 Å². The van der Waals surface area contributed by atoms with Gasteiger partial charge in [0, 0.05) is 22.5 Å². The molecule has 0 amide bonds. The first-order valence-corrected chi connectivity index (χ1v) is 14.5. The molecule has 216 valence electrons. The number of anilines is 5. The van der Waals surface area contributed by atoms with Crippen LogP contribution in [0.4, 0.5) is 28.4 Å². The van der Waals surface area contributed by atoms with E-state index in [4.69, 9.17) is 13.9 Å². The minimum Gasteiger partial charge on any atom is -0.453 e. The molecule has 0 spiro atoms. The summed E-state index contributed by atoms with van der Waals surface area (Å²) in [7, 11) is 0. The maximum absolute atomic E-state index is 6.15. The Labute approximate surface area is 260 Å². The van der Waals surface area contributed by atoms with E-state index in [0.29, 0.717) is 17.5 Å². The molecule has 2 aliphatic rings. The van der Waals surface area contributed by atoms with Gasteiger partial charge in [0.2, 0.25) is 11.8 Å². The lowest BCUT2D eigenvalue weighted by molar-refractivity contribution is 0.431. The Morgan fingerprint density at radius 2 is 0.933 bits per heavy atom. The number of fused-ring (bicyclic) bond motifs is 3. The molecule has 3 heterocycles. The molecule has 6 aromatic rings. The van der Waals surface area contributed by atoms with Crippen LogP contribution in [0.3, 0.4) is 0 Å². The first-order chi connectivity index (χ1) is 22.2. The van der Waals surface area contributed by atoms with Crippen LogP contribution in [0.15, 0.2) is 163 Å². The van der Waals surface area contributed by atoms with Crippen molar-refractivity contribution in [2.45, 2.75) is 0 Å². The highest BCUT2D eigenvalue weighted by molar-refractivity contribution is 5.86. The van der Waals surface area contributed by atoms with Gasteiger partial charge in [0.15, 0.2) is 23.0 Å². The molecule has 45 heavy (non-hydrogen) atoms. The van der Waals surface area contributed by atoms with Crippen molar-refractivity contribution in [2.75, 3.05) is 9.80 Å². The predicted molar refractivity (Wildman–Crippen MR) is 177 cm³/mol. The molecule has 5 aromatic carbocycles. The molecule has 2 aliphatic heterocycles. The molecule has 0 unspecified atom stereocenters. The monoisotopic (exact) mass is 586 g/mol. The van der Waals surface area contributed by atoms with Gasteiger partial charge in [0.05, 0.1) is 22.8 Å². The Morgan fingerprint density at radius 3 is 1.42 bits per heavy atom. The molecule has 0 saturated heterocycles. The molecule has 0 bridgehead atoms. The van der Waals surface area contributed by atoms with Crippen molar-refractivity contribution >= 4 is 28.4 Å². The fourth-order valence-electron chi connectivity index (χ4n) is 5.70. The van der Waals surface area contributed by atoms with Gasteiger partial charge in [0.1, 0.15) is 0 Å². The molecule has 0 aliphatic carbocycles. The summed E-state index contributed by atoms with van der Waals surface area (Å²) in [5.74, 6) is 3.88. The lowest BCUT2D eigenvalue weighted by Gasteiger charge is -2.33. The molecular formula is C38H26N4O3. The molecule has 8 rings (SSSR count). The van der Waals surface area contributed by atoms with Gasteiger partial charge in [0.25, 0.3) is 0 Å². The Morgan fingerprint density at radius 1 is 0.489 bits per heavy atom. The van der Waals surface area contributed by atoms with Crippen LogP contribution in [-0.4, -0.2) is 10.2 Å². The van der Waals surface area contributed by atoms with Crippen molar-refractivity contribution in [2.24, 2.45) is 0 Å². The largest absolute Gasteiger partial charge is 0.453 e. The van der Waals surface area contributed by atoms with Crippen LogP contribution >= 0.6 is 0 Å². The zero-order valence-electron chi connectivity index (χ0n) is 24.1. The second kappa shape index (κ2) is 10.7. The van der Waals surface area contributed by atoms with Gasteiger partial charge in [-0.15, -0.1) is 10.2 Å². The lowest BCUT2D eigenvalue weighted by atomic mass is 10.1. The van der Waals surface area contributed by atoms with Crippen molar-refractivity contribution in [3.8, 4) is 40.2 Å². The number of aromatic nitrogens is 2. The molecule has 0 fully saturated rings. The second-order valence-electron chi connectivity index (χ2n) is 10.4. The van der Waals surface area contributed by atoms with Crippen molar-refractivity contribution in [3.63, 3.8) is 0 Å². The quantitative estimate of drug-likeness (QED) is 0.192. The van der Waals surface area contributed by atoms with E-state index in [1.165, 1.54) is 0 Å². The Hall–Kier alpha value is -6.34. The summed E-state index contributed by atoms with van der Waals surface area (Å²) in [6.45, 7) is 7.93. The van der Waals surface area contributed by atoms with Crippen LogP contribution in [0.25, 0.3) is 22.9 Å². The first-order valence-electron chi connectivity index (χ1n) is 14.5. The van der Waals surface area contributed by atoms with Gasteiger partial charge in [-0.05, 0) is 97.1 Å². The number of hydrogen-bond donors (Lipinski definition) is 0. The van der Waals surface area contributed by atoms with E-state index < -0.39 is 0 Å². The van der Waals surface area contributed by atoms with Gasteiger partial charge in [-0.1, -0.05) is 49.6 Å². The zero-order valence-corrected chi connectivity index (χ0v) is 24.1. The Bertz CT molecular complexity index is 2070. The SMILES string of the molecule is C=CC1=C(C=C)N(c2ccc(-c3nnc(-c4ccc(N5c6ccccc6Oc6ccccc65)cc4)o3)cc2)c2ccccc2O1. The summed E-state index contributed by atoms with van der Waals surface area (Å²) in [5.41, 5.74) is 7.24. The Balaban J connectivity index is 1.07. The maximum Gasteiger partial charge on any atom is 0.248 e. The van der Waals surface area contributed by atoms with E-state index >= 15 is 0 Å². The van der Waals surface area contributed by atoms with Crippen LogP contribution in [-0.2, 0) is 0 Å². The van der Waals surface area contributed by atoms with E-state index in [1.807, 2.05) is 97.1 Å². The van der Waals surface area contributed by atoms with Crippen molar-refractivity contribution in [1.29, 1.82) is 0 Å². The fourth-order valence-corrected chi connectivity index (χ4v) is 5.70. The van der Waals surface area contributed by atoms with Crippen LogP contribution in [0.2, 0.25) is 0 Å². The summed E-state index contributed by atoms with van der Waals surface area (Å²) >= 11 is 0. The molecule has 0 radical (unpaired) electrons. The maximum atomic E-state index is 6.15. The van der Waals surface area contributed by atoms with E-state index in [1.54, 1.807) is 12.2 Å². The average Bonchev–Trinajstić information content (AvgIpc) is 3.60. The number of allylic oxidation sites excluding steroid dienone is 2. The summed E-state index contributed by atoms with van der Waals surface area (Å²) in [6.07, 6.45) is 3.46. The molecule has 1 aromatic heterocycles. The van der Waals surface area contributed by atoms with Crippen molar-refractivity contribution < 1.29 is 13.9 Å². The number of benzene rings is 5. The zero-order chi connectivity index (χ0) is 30.3.